The van der Waals surface area contributed by atoms with Gasteiger partial charge in [0.05, 0.1) is 12.2 Å². The van der Waals surface area contributed by atoms with Crippen LogP contribution >= 0.6 is 0 Å². The van der Waals surface area contributed by atoms with Crippen LogP contribution in [0.1, 0.15) is 26.5 Å². The summed E-state index contributed by atoms with van der Waals surface area (Å²) in [5.41, 5.74) is 0.904. The van der Waals surface area contributed by atoms with Gasteiger partial charge in [0.15, 0.2) is 5.82 Å². The standard InChI is InChI=1S/C16H20N4O/c1-16(2,3)9-7-15(21)18-14-8-11-20(19-14)12-13-6-4-5-10-17-13/h4-11H,12H2,1-3H3,(H,18,19,21)/b9-7+. The lowest BCUT2D eigenvalue weighted by molar-refractivity contribution is -0.112. The predicted molar refractivity (Wildman–Crippen MR) is 82.8 cm³/mol. The summed E-state index contributed by atoms with van der Waals surface area (Å²) in [4.78, 5) is 16.0. The molecule has 0 aliphatic rings. The maximum Gasteiger partial charge on any atom is 0.249 e. The molecular formula is C16H20N4O. The highest BCUT2D eigenvalue weighted by atomic mass is 16.1. The number of hydrogen-bond acceptors (Lipinski definition) is 3. The average Bonchev–Trinajstić information content (AvgIpc) is 2.84. The lowest BCUT2D eigenvalue weighted by atomic mass is 9.96. The van der Waals surface area contributed by atoms with Gasteiger partial charge in [-0.15, -0.1) is 0 Å². The third-order valence-electron chi connectivity index (χ3n) is 2.68. The molecule has 110 valence electrons. The summed E-state index contributed by atoms with van der Waals surface area (Å²) < 4.78 is 1.74. The van der Waals surface area contributed by atoms with Gasteiger partial charge in [-0.1, -0.05) is 32.9 Å². The Bertz CT molecular complexity index is 623. The number of aromatic nitrogens is 3. The monoisotopic (exact) mass is 284 g/mol. The molecule has 0 aromatic carbocycles. The first kappa shape index (κ1) is 15.0. The number of anilines is 1. The number of carbonyl (C=O) groups excluding carboxylic acids is 1. The van der Waals surface area contributed by atoms with Gasteiger partial charge in [0, 0.05) is 18.5 Å². The number of hydrogen-bond donors (Lipinski definition) is 1. The largest absolute Gasteiger partial charge is 0.306 e. The lowest BCUT2D eigenvalue weighted by Gasteiger charge is -2.10. The highest BCUT2D eigenvalue weighted by molar-refractivity contribution is 5.98. The van der Waals surface area contributed by atoms with E-state index in [1.54, 1.807) is 16.9 Å². The van der Waals surface area contributed by atoms with E-state index in [4.69, 9.17) is 0 Å². The Labute approximate surface area is 124 Å². The quantitative estimate of drug-likeness (QED) is 0.878. The normalized spacial score (nSPS) is 11.8. The molecule has 5 nitrogen and oxygen atoms in total. The molecule has 0 saturated carbocycles. The predicted octanol–water partition coefficient (Wildman–Crippen LogP) is 2.87. The maximum atomic E-state index is 11.8. The zero-order valence-corrected chi connectivity index (χ0v) is 12.6. The van der Waals surface area contributed by atoms with Crippen LogP contribution in [0.4, 0.5) is 5.82 Å². The van der Waals surface area contributed by atoms with Gasteiger partial charge in [-0.3, -0.25) is 14.5 Å². The molecule has 1 amide bonds. The fraction of sp³-hybridized carbons (Fsp3) is 0.312. The summed E-state index contributed by atoms with van der Waals surface area (Å²) in [5, 5.41) is 7.04. The van der Waals surface area contributed by atoms with Gasteiger partial charge in [0.25, 0.3) is 0 Å². The molecule has 21 heavy (non-hydrogen) atoms. The average molecular weight is 284 g/mol. The van der Waals surface area contributed by atoms with Crippen molar-refractivity contribution in [3.05, 3.63) is 54.5 Å². The van der Waals surface area contributed by atoms with Crippen LogP contribution in [-0.2, 0) is 11.3 Å². The highest BCUT2D eigenvalue weighted by Gasteiger charge is 2.07. The molecule has 2 aromatic rings. The van der Waals surface area contributed by atoms with E-state index >= 15 is 0 Å². The minimum Gasteiger partial charge on any atom is -0.306 e. The van der Waals surface area contributed by atoms with Crippen molar-refractivity contribution in [2.24, 2.45) is 5.41 Å². The van der Waals surface area contributed by atoms with Crippen LogP contribution in [0.3, 0.4) is 0 Å². The molecule has 2 aromatic heterocycles. The Hall–Kier alpha value is -2.43. The maximum absolute atomic E-state index is 11.8. The van der Waals surface area contributed by atoms with E-state index in [9.17, 15) is 4.79 Å². The van der Waals surface area contributed by atoms with Crippen LogP contribution in [0.5, 0.6) is 0 Å². The van der Waals surface area contributed by atoms with Gasteiger partial charge in [0.1, 0.15) is 0 Å². The van der Waals surface area contributed by atoms with Crippen molar-refractivity contribution in [1.82, 2.24) is 14.8 Å². The first-order valence-corrected chi connectivity index (χ1v) is 6.86. The Balaban J connectivity index is 1.94. The third kappa shape index (κ3) is 5.22. The molecule has 0 fully saturated rings. The fourth-order valence-electron chi connectivity index (χ4n) is 1.67. The fourth-order valence-corrected chi connectivity index (χ4v) is 1.67. The third-order valence-corrected chi connectivity index (χ3v) is 2.68. The van der Waals surface area contributed by atoms with Gasteiger partial charge in [-0.05, 0) is 23.6 Å². The molecule has 0 aliphatic heterocycles. The number of pyridine rings is 1. The number of amides is 1. The summed E-state index contributed by atoms with van der Waals surface area (Å²) in [7, 11) is 0. The SMILES string of the molecule is CC(C)(C)/C=C/C(=O)Nc1ccn(Cc2ccccn2)n1. The van der Waals surface area contributed by atoms with Gasteiger partial charge >= 0.3 is 0 Å². The van der Waals surface area contributed by atoms with E-state index in [1.807, 2.05) is 51.2 Å². The number of nitrogens with one attached hydrogen (secondary N) is 1. The Morgan fingerprint density at radius 3 is 2.81 bits per heavy atom. The number of carbonyl (C=O) groups is 1. The molecule has 0 bridgehead atoms. The molecule has 2 heterocycles. The number of nitrogens with zero attached hydrogens (tertiary/aromatic N) is 3. The second kappa shape index (κ2) is 6.35. The Kier molecular flexibility index (Phi) is 4.52. The molecule has 0 unspecified atom stereocenters. The summed E-state index contributed by atoms with van der Waals surface area (Å²) in [5.74, 6) is 0.363. The summed E-state index contributed by atoms with van der Waals surface area (Å²) in [6.07, 6.45) is 6.97. The first-order valence-electron chi connectivity index (χ1n) is 6.86. The van der Waals surface area contributed by atoms with E-state index in [1.165, 1.54) is 6.08 Å². The summed E-state index contributed by atoms with van der Waals surface area (Å²) in [6.45, 7) is 6.70. The van der Waals surface area contributed by atoms with Crippen molar-refractivity contribution in [2.45, 2.75) is 27.3 Å². The topological polar surface area (TPSA) is 59.8 Å². The van der Waals surface area contributed by atoms with E-state index in [2.05, 4.69) is 15.4 Å². The zero-order chi connectivity index (χ0) is 15.3. The van der Waals surface area contributed by atoms with Gasteiger partial charge in [-0.25, -0.2) is 0 Å². The second-order valence-electron chi connectivity index (χ2n) is 5.91. The second-order valence-corrected chi connectivity index (χ2v) is 5.91. The number of allylic oxidation sites excluding steroid dienone is 1. The van der Waals surface area contributed by atoms with Crippen molar-refractivity contribution >= 4 is 11.7 Å². The van der Waals surface area contributed by atoms with Crippen molar-refractivity contribution in [3.63, 3.8) is 0 Å². The van der Waals surface area contributed by atoms with E-state index < -0.39 is 0 Å². The Morgan fingerprint density at radius 1 is 1.33 bits per heavy atom. The van der Waals surface area contributed by atoms with Crippen LogP contribution in [0, 0.1) is 5.41 Å². The van der Waals surface area contributed by atoms with Crippen molar-refractivity contribution in [2.75, 3.05) is 5.32 Å². The van der Waals surface area contributed by atoms with Crippen molar-refractivity contribution in [1.29, 1.82) is 0 Å². The zero-order valence-electron chi connectivity index (χ0n) is 12.6. The van der Waals surface area contributed by atoms with E-state index in [0.717, 1.165) is 5.69 Å². The van der Waals surface area contributed by atoms with Crippen LogP contribution in [-0.4, -0.2) is 20.7 Å². The molecule has 5 heteroatoms. The van der Waals surface area contributed by atoms with Crippen molar-refractivity contribution in [3.8, 4) is 0 Å². The molecule has 0 aliphatic carbocycles. The van der Waals surface area contributed by atoms with Crippen molar-refractivity contribution < 1.29 is 4.79 Å². The van der Waals surface area contributed by atoms with Crippen LogP contribution in [0.15, 0.2) is 48.8 Å². The Morgan fingerprint density at radius 2 is 2.14 bits per heavy atom. The van der Waals surface area contributed by atoms with Crippen LogP contribution in [0.2, 0.25) is 0 Å². The van der Waals surface area contributed by atoms with Crippen LogP contribution in [0.25, 0.3) is 0 Å². The minimum atomic E-state index is -0.173. The lowest BCUT2D eigenvalue weighted by Crippen LogP contribution is -2.11. The molecule has 1 N–H and O–H groups in total. The van der Waals surface area contributed by atoms with E-state index in [-0.39, 0.29) is 11.3 Å². The number of rotatable bonds is 4. The molecule has 2 rings (SSSR count). The molecule has 0 spiro atoms. The molecular weight excluding hydrogens is 264 g/mol. The van der Waals surface area contributed by atoms with Gasteiger partial charge < -0.3 is 5.32 Å². The molecule has 0 radical (unpaired) electrons. The minimum absolute atomic E-state index is 0.0182. The van der Waals surface area contributed by atoms with E-state index in [0.29, 0.717) is 12.4 Å². The summed E-state index contributed by atoms with van der Waals surface area (Å²) >= 11 is 0. The van der Waals surface area contributed by atoms with Gasteiger partial charge in [0.2, 0.25) is 5.91 Å². The smallest absolute Gasteiger partial charge is 0.249 e. The first-order chi connectivity index (χ1) is 9.92. The van der Waals surface area contributed by atoms with Gasteiger partial charge in [-0.2, -0.15) is 5.10 Å². The molecule has 0 saturated heterocycles. The van der Waals surface area contributed by atoms with Crippen LogP contribution < -0.4 is 5.32 Å². The highest BCUT2D eigenvalue weighted by Crippen LogP contribution is 2.14. The summed E-state index contributed by atoms with van der Waals surface area (Å²) in [6, 6.07) is 7.52. The molecule has 0 atom stereocenters.